The molecule has 0 radical (unpaired) electrons. The Balaban J connectivity index is 1.98. The van der Waals surface area contributed by atoms with Crippen molar-refractivity contribution in [2.24, 2.45) is 17.6 Å². The fourth-order valence-electron chi connectivity index (χ4n) is 2.51. The molecule has 1 saturated carbocycles. The van der Waals surface area contributed by atoms with Gasteiger partial charge < -0.3 is 11.1 Å². The van der Waals surface area contributed by atoms with Gasteiger partial charge in [0.25, 0.3) is 0 Å². The van der Waals surface area contributed by atoms with Crippen LogP contribution in [0.2, 0.25) is 5.02 Å². The van der Waals surface area contributed by atoms with Crippen LogP contribution in [-0.4, -0.2) is 13.1 Å². The molecule has 0 bridgehead atoms. The summed E-state index contributed by atoms with van der Waals surface area (Å²) in [5, 5.41) is 4.39. The van der Waals surface area contributed by atoms with Gasteiger partial charge in [0, 0.05) is 17.6 Å². The van der Waals surface area contributed by atoms with Crippen LogP contribution in [0.4, 0.5) is 0 Å². The summed E-state index contributed by atoms with van der Waals surface area (Å²) in [4.78, 5) is 0. The predicted molar refractivity (Wildman–Crippen MR) is 77.9 cm³/mol. The van der Waals surface area contributed by atoms with Crippen molar-refractivity contribution in [1.82, 2.24) is 5.32 Å². The van der Waals surface area contributed by atoms with Gasteiger partial charge in [-0.25, -0.2) is 0 Å². The lowest BCUT2D eigenvalue weighted by Gasteiger charge is -2.22. The van der Waals surface area contributed by atoms with E-state index in [1.807, 2.05) is 12.1 Å². The van der Waals surface area contributed by atoms with Crippen LogP contribution in [0.15, 0.2) is 18.2 Å². The molecule has 2 nitrogen and oxygen atoms in total. The first-order valence-corrected chi connectivity index (χ1v) is 7.19. The molecule has 18 heavy (non-hydrogen) atoms. The van der Waals surface area contributed by atoms with Gasteiger partial charge in [0.15, 0.2) is 0 Å². The third kappa shape index (κ3) is 3.47. The second-order valence-corrected chi connectivity index (χ2v) is 5.95. The van der Waals surface area contributed by atoms with Crippen molar-refractivity contribution >= 4 is 11.6 Å². The van der Waals surface area contributed by atoms with E-state index in [2.05, 4.69) is 25.2 Å². The second-order valence-electron chi connectivity index (χ2n) is 5.51. The molecule has 1 aliphatic carbocycles. The van der Waals surface area contributed by atoms with Crippen molar-refractivity contribution in [2.45, 2.75) is 32.7 Å². The molecule has 0 heterocycles. The SMILES string of the molecule is Cc1cc(Cl)ccc1C(CN)NCC(C)C1CC1. The van der Waals surface area contributed by atoms with Crippen LogP contribution in [0.5, 0.6) is 0 Å². The number of hydrogen-bond acceptors (Lipinski definition) is 2. The summed E-state index contributed by atoms with van der Waals surface area (Å²) >= 11 is 5.99. The van der Waals surface area contributed by atoms with E-state index in [-0.39, 0.29) is 6.04 Å². The smallest absolute Gasteiger partial charge is 0.0447 e. The third-order valence-corrected chi connectivity index (χ3v) is 4.19. The molecule has 0 aromatic heterocycles. The first kappa shape index (κ1) is 13.9. The molecule has 0 spiro atoms. The van der Waals surface area contributed by atoms with Crippen LogP contribution in [0.3, 0.4) is 0 Å². The number of halogens is 1. The molecule has 100 valence electrons. The topological polar surface area (TPSA) is 38.0 Å². The standard InChI is InChI=1S/C15H23ClN2/c1-10-7-13(16)5-6-14(10)15(8-17)18-9-11(2)12-3-4-12/h5-7,11-12,15,18H,3-4,8-9,17H2,1-2H3. The van der Waals surface area contributed by atoms with E-state index in [1.165, 1.54) is 24.0 Å². The summed E-state index contributed by atoms with van der Waals surface area (Å²) in [5.74, 6) is 1.69. The molecule has 3 N–H and O–H groups in total. The van der Waals surface area contributed by atoms with Gasteiger partial charge in [0.1, 0.15) is 0 Å². The minimum atomic E-state index is 0.239. The van der Waals surface area contributed by atoms with Gasteiger partial charge in [-0.15, -0.1) is 0 Å². The van der Waals surface area contributed by atoms with Crippen molar-refractivity contribution in [1.29, 1.82) is 0 Å². The average molecular weight is 267 g/mol. The molecule has 2 rings (SSSR count). The van der Waals surface area contributed by atoms with Crippen LogP contribution in [0.1, 0.15) is 36.9 Å². The lowest BCUT2D eigenvalue weighted by atomic mass is 10.00. The highest BCUT2D eigenvalue weighted by Crippen LogP contribution is 2.36. The zero-order valence-corrected chi connectivity index (χ0v) is 12.0. The van der Waals surface area contributed by atoms with E-state index in [0.717, 1.165) is 23.4 Å². The highest BCUT2D eigenvalue weighted by molar-refractivity contribution is 6.30. The first-order chi connectivity index (χ1) is 8.61. The fraction of sp³-hybridized carbons (Fsp3) is 0.600. The van der Waals surface area contributed by atoms with E-state index in [4.69, 9.17) is 17.3 Å². The molecular weight excluding hydrogens is 244 g/mol. The first-order valence-electron chi connectivity index (χ1n) is 6.81. The summed E-state index contributed by atoms with van der Waals surface area (Å²) in [5.41, 5.74) is 8.38. The second kappa shape index (κ2) is 6.05. The highest BCUT2D eigenvalue weighted by atomic mass is 35.5. The van der Waals surface area contributed by atoms with E-state index in [9.17, 15) is 0 Å². The zero-order chi connectivity index (χ0) is 13.1. The summed E-state index contributed by atoms with van der Waals surface area (Å²) in [7, 11) is 0. The average Bonchev–Trinajstić information content (AvgIpc) is 3.15. The molecule has 0 saturated heterocycles. The Labute approximate surface area is 115 Å². The van der Waals surface area contributed by atoms with E-state index >= 15 is 0 Å². The Morgan fingerprint density at radius 1 is 1.44 bits per heavy atom. The maximum absolute atomic E-state index is 5.99. The largest absolute Gasteiger partial charge is 0.329 e. The fourth-order valence-corrected chi connectivity index (χ4v) is 2.74. The highest BCUT2D eigenvalue weighted by Gasteiger charge is 2.28. The molecule has 1 aromatic rings. The molecule has 2 atom stereocenters. The maximum atomic E-state index is 5.99. The van der Waals surface area contributed by atoms with Crippen LogP contribution < -0.4 is 11.1 Å². The summed E-state index contributed by atoms with van der Waals surface area (Å²) < 4.78 is 0. The lowest BCUT2D eigenvalue weighted by Crippen LogP contribution is -2.32. The van der Waals surface area contributed by atoms with Gasteiger partial charge >= 0.3 is 0 Å². The lowest BCUT2D eigenvalue weighted by molar-refractivity contribution is 0.422. The molecule has 0 aliphatic heterocycles. The van der Waals surface area contributed by atoms with E-state index in [0.29, 0.717) is 6.54 Å². The number of benzene rings is 1. The Morgan fingerprint density at radius 2 is 2.17 bits per heavy atom. The zero-order valence-electron chi connectivity index (χ0n) is 11.2. The quantitative estimate of drug-likeness (QED) is 0.829. The Bertz CT molecular complexity index is 401. The van der Waals surface area contributed by atoms with Gasteiger partial charge in [-0.2, -0.15) is 0 Å². The minimum Gasteiger partial charge on any atom is -0.329 e. The van der Waals surface area contributed by atoms with Crippen molar-refractivity contribution in [3.8, 4) is 0 Å². The summed E-state index contributed by atoms with van der Waals surface area (Å²) in [6.07, 6.45) is 2.80. The Kier molecular flexibility index (Phi) is 4.66. The van der Waals surface area contributed by atoms with Crippen molar-refractivity contribution < 1.29 is 0 Å². The molecular formula is C15H23ClN2. The number of hydrogen-bond donors (Lipinski definition) is 2. The van der Waals surface area contributed by atoms with Crippen molar-refractivity contribution in [3.63, 3.8) is 0 Å². The number of aryl methyl sites for hydroxylation is 1. The minimum absolute atomic E-state index is 0.239. The molecule has 1 fully saturated rings. The van der Waals surface area contributed by atoms with E-state index in [1.54, 1.807) is 0 Å². The van der Waals surface area contributed by atoms with Gasteiger partial charge in [-0.3, -0.25) is 0 Å². The number of nitrogens with one attached hydrogen (secondary N) is 1. The molecule has 3 heteroatoms. The van der Waals surface area contributed by atoms with Crippen LogP contribution in [0, 0.1) is 18.8 Å². The third-order valence-electron chi connectivity index (χ3n) is 3.96. The molecule has 1 aliphatic rings. The number of nitrogens with two attached hydrogens (primary N) is 1. The number of rotatable bonds is 6. The molecule has 0 amide bonds. The van der Waals surface area contributed by atoms with Crippen LogP contribution in [-0.2, 0) is 0 Å². The van der Waals surface area contributed by atoms with Crippen molar-refractivity contribution in [3.05, 3.63) is 34.3 Å². The van der Waals surface area contributed by atoms with Gasteiger partial charge in [-0.1, -0.05) is 24.6 Å². The van der Waals surface area contributed by atoms with Gasteiger partial charge in [-0.05, 0) is 61.4 Å². The molecule has 2 unspecified atom stereocenters. The van der Waals surface area contributed by atoms with Crippen molar-refractivity contribution in [2.75, 3.05) is 13.1 Å². The summed E-state index contributed by atoms with van der Waals surface area (Å²) in [6, 6.07) is 6.28. The Morgan fingerprint density at radius 3 is 2.72 bits per heavy atom. The molecule has 1 aromatic carbocycles. The normalized spacial score (nSPS) is 18.7. The Hall–Kier alpha value is -0.570. The summed E-state index contributed by atoms with van der Waals surface area (Å²) in [6.45, 7) is 6.09. The van der Waals surface area contributed by atoms with E-state index < -0.39 is 0 Å². The maximum Gasteiger partial charge on any atom is 0.0447 e. The monoisotopic (exact) mass is 266 g/mol. The predicted octanol–water partition coefficient (Wildman–Crippen LogP) is 3.28. The van der Waals surface area contributed by atoms with Crippen LogP contribution >= 0.6 is 11.6 Å². The van der Waals surface area contributed by atoms with Gasteiger partial charge in [0.2, 0.25) is 0 Å². The van der Waals surface area contributed by atoms with Crippen LogP contribution in [0.25, 0.3) is 0 Å². The van der Waals surface area contributed by atoms with Gasteiger partial charge in [0.05, 0.1) is 0 Å².